The number of hydrogen-bond donors (Lipinski definition) is 2. The van der Waals surface area contributed by atoms with Gasteiger partial charge < -0.3 is 29.4 Å². The number of nitrogens with zero attached hydrogens (tertiary/aromatic N) is 8. The van der Waals surface area contributed by atoms with Crippen LogP contribution in [0.1, 0.15) is 18.9 Å². The van der Waals surface area contributed by atoms with Crippen LogP contribution in [-0.4, -0.2) is 124 Å². The molecule has 0 aliphatic carbocycles. The predicted octanol–water partition coefficient (Wildman–Crippen LogP) is 2.42. The van der Waals surface area contributed by atoms with E-state index in [-0.39, 0.29) is 12.1 Å². The normalized spacial score (nSPS) is 19.3. The molecular formula is C27H35N9O4. The molecule has 1 aromatic carbocycles. The van der Waals surface area contributed by atoms with E-state index in [1.165, 1.54) is 0 Å². The molecule has 3 aliphatic heterocycles. The van der Waals surface area contributed by atoms with Gasteiger partial charge in [0.2, 0.25) is 0 Å². The Morgan fingerprint density at radius 2 is 1.60 bits per heavy atom. The van der Waals surface area contributed by atoms with Crippen LogP contribution in [0.3, 0.4) is 0 Å². The summed E-state index contributed by atoms with van der Waals surface area (Å²) in [5, 5.41) is 17.1. The summed E-state index contributed by atoms with van der Waals surface area (Å²) in [4.78, 5) is 42.4. The largest absolute Gasteiger partial charge is 0.465 e. The van der Waals surface area contributed by atoms with Gasteiger partial charge in [-0.05, 0) is 44.2 Å². The zero-order chi connectivity index (χ0) is 27.6. The van der Waals surface area contributed by atoms with E-state index in [2.05, 4.69) is 22.2 Å². The first-order valence-electron chi connectivity index (χ1n) is 13.9. The fourth-order valence-electron chi connectivity index (χ4n) is 5.65. The Kier molecular flexibility index (Phi) is 7.39. The lowest BCUT2D eigenvalue weighted by molar-refractivity contribution is 0.108. The number of rotatable bonds is 4. The lowest BCUT2D eigenvalue weighted by Gasteiger charge is -2.39. The highest BCUT2D eigenvalue weighted by molar-refractivity contribution is 5.89. The smallest absolute Gasteiger partial charge is 0.409 e. The fraction of sp³-hybridized carbons (Fsp3) is 0.519. The molecule has 13 nitrogen and oxygen atoms in total. The number of carbonyl (C=O) groups is 2. The Morgan fingerprint density at radius 1 is 0.925 bits per heavy atom. The molecule has 6 rings (SSSR count). The molecule has 3 aromatic rings. The van der Waals surface area contributed by atoms with Crippen LogP contribution in [0.5, 0.6) is 0 Å². The fourth-order valence-corrected chi connectivity index (χ4v) is 5.65. The number of fused-ring (bicyclic) bond motifs is 1. The number of piperidine rings is 1. The predicted molar refractivity (Wildman–Crippen MR) is 150 cm³/mol. The minimum atomic E-state index is -1.11. The van der Waals surface area contributed by atoms with E-state index < -0.39 is 6.09 Å². The summed E-state index contributed by atoms with van der Waals surface area (Å²) >= 11 is 0. The van der Waals surface area contributed by atoms with E-state index >= 15 is 0 Å². The zero-order valence-electron chi connectivity index (χ0n) is 22.7. The maximum Gasteiger partial charge on any atom is 0.409 e. The van der Waals surface area contributed by atoms with Crippen LogP contribution in [-0.2, 0) is 4.74 Å². The highest BCUT2D eigenvalue weighted by Crippen LogP contribution is 2.32. The SMILES string of the molecule is CN1CCN(C(=O)N2CCC(n3ncc4c(N5CCOCC5)nc(-c5ccc(NC(=O)O)cc5)nc43)CC2)CC1. The van der Waals surface area contributed by atoms with Gasteiger partial charge in [-0.3, -0.25) is 5.32 Å². The molecule has 2 aromatic heterocycles. The molecule has 0 atom stereocenters. The van der Waals surface area contributed by atoms with Crippen LogP contribution in [0.15, 0.2) is 30.5 Å². The maximum atomic E-state index is 13.1. The van der Waals surface area contributed by atoms with Gasteiger partial charge in [0.15, 0.2) is 11.5 Å². The number of morpholine rings is 1. The van der Waals surface area contributed by atoms with Gasteiger partial charge in [0.25, 0.3) is 0 Å². The number of anilines is 2. The average Bonchev–Trinajstić information content (AvgIpc) is 3.41. The molecule has 3 amide bonds. The van der Waals surface area contributed by atoms with Gasteiger partial charge in [0, 0.05) is 63.6 Å². The Bertz CT molecular complexity index is 1360. The molecule has 0 radical (unpaired) electrons. The first kappa shape index (κ1) is 26.3. The van der Waals surface area contributed by atoms with Gasteiger partial charge in [0.1, 0.15) is 5.82 Å². The molecule has 0 bridgehead atoms. The Labute approximate surface area is 232 Å². The first-order valence-corrected chi connectivity index (χ1v) is 13.9. The summed E-state index contributed by atoms with van der Waals surface area (Å²) in [6.45, 7) is 7.45. The van der Waals surface area contributed by atoms with Crippen molar-refractivity contribution in [1.29, 1.82) is 0 Å². The quantitative estimate of drug-likeness (QED) is 0.504. The van der Waals surface area contributed by atoms with Crippen LogP contribution in [0.4, 0.5) is 21.1 Å². The molecule has 3 aliphatic rings. The molecule has 0 unspecified atom stereocenters. The average molecular weight is 550 g/mol. The van der Waals surface area contributed by atoms with Crippen molar-refractivity contribution in [2.24, 2.45) is 0 Å². The summed E-state index contributed by atoms with van der Waals surface area (Å²) in [5.74, 6) is 1.38. The highest BCUT2D eigenvalue weighted by Gasteiger charge is 2.30. The first-order chi connectivity index (χ1) is 19.5. The zero-order valence-corrected chi connectivity index (χ0v) is 22.7. The molecule has 2 N–H and O–H groups in total. The lowest BCUT2D eigenvalue weighted by Crippen LogP contribution is -2.53. The third-order valence-electron chi connectivity index (χ3n) is 7.99. The topological polar surface area (TPSA) is 132 Å². The second kappa shape index (κ2) is 11.3. The number of amides is 3. The number of urea groups is 1. The van der Waals surface area contributed by atoms with Crippen LogP contribution in [0.25, 0.3) is 22.4 Å². The van der Waals surface area contributed by atoms with Crippen LogP contribution >= 0.6 is 0 Å². The van der Waals surface area contributed by atoms with Gasteiger partial charge in [-0.2, -0.15) is 5.10 Å². The van der Waals surface area contributed by atoms with Crippen molar-refractivity contribution in [3.63, 3.8) is 0 Å². The number of carboxylic acid groups (broad SMARTS) is 1. The maximum absolute atomic E-state index is 13.1. The van der Waals surface area contributed by atoms with Crippen molar-refractivity contribution < 1.29 is 19.4 Å². The standard InChI is InChI=1S/C27H35N9O4/c1-32-10-12-35(13-11-32)27(39)34-8-6-21(7-9-34)36-25-22(18-28-36)24(33-14-16-40-17-15-33)30-23(31-25)19-2-4-20(5-3-19)29-26(37)38/h2-5,18,21,29H,6-17H2,1H3,(H,37,38). The number of hydrogen-bond acceptors (Lipinski definition) is 8. The summed E-state index contributed by atoms with van der Waals surface area (Å²) in [5.41, 5.74) is 2.03. The summed E-state index contributed by atoms with van der Waals surface area (Å²) < 4.78 is 7.58. The monoisotopic (exact) mass is 549 g/mol. The minimum absolute atomic E-state index is 0.122. The van der Waals surface area contributed by atoms with Crippen molar-refractivity contribution in [2.75, 3.05) is 82.8 Å². The molecular weight excluding hydrogens is 514 g/mol. The highest BCUT2D eigenvalue weighted by atomic mass is 16.5. The number of benzene rings is 1. The second-order valence-corrected chi connectivity index (χ2v) is 10.6. The third kappa shape index (κ3) is 5.39. The van der Waals surface area contributed by atoms with Crippen molar-refractivity contribution in [1.82, 2.24) is 34.4 Å². The Morgan fingerprint density at radius 3 is 2.27 bits per heavy atom. The van der Waals surface area contributed by atoms with E-state index in [4.69, 9.17) is 24.9 Å². The minimum Gasteiger partial charge on any atom is -0.465 e. The molecule has 40 heavy (non-hydrogen) atoms. The van der Waals surface area contributed by atoms with E-state index in [0.717, 1.165) is 74.5 Å². The molecule has 212 valence electrons. The second-order valence-electron chi connectivity index (χ2n) is 10.6. The molecule has 3 saturated heterocycles. The van der Waals surface area contributed by atoms with Gasteiger partial charge >= 0.3 is 12.1 Å². The van der Waals surface area contributed by atoms with Gasteiger partial charge in [-0.25, -0.2) is 24.2 Å². The molecule has 0 spiro atoms. The number of piperazine rings is 1. The Balaban J connectivity index is 1.26. The summed E-state index contributed by atoms with van der Waals surface area (Å²) in [6, 6.07) is 7.30. The summed E-state index contributed by atoms with van der Waals surface area (Å²) in [7, 11) is 2.09. The van der Waals surface area contributed by atoms with Gasteiger partial charge in [-0.1, -0.05) is 0 Å². The molecule has 5 heterocycles. The number of likely N-dealkylation sites (N-methyl/N-ethyl adjacent to an activating group) is 1. The van der Waals surface area contributed by atoms with Crippen LogP contribution in [0, 0.1) is 0 Å². The van der Waals surface area contributed by atoms with Crippen molar-refractivity contribution in [3.05, 3.63) is 30.5 Å². The number of ether oxygens (including phenoxy) is 1. The van der Waals surface area contributed by atoms with Crippen LogP contribution in [0.2, 0.25) is 0 Å². The number of carbonyl (C=O) groups excluding carboxylic acids is 1. The van der Waals surface area contributed by atoms with E-state index in [1.54, 1.807) is 12.1 Å². The van der Waals surface area contributed by atoms with E-state index in [1.807, 2.05) is 32.8 Å². The lowest BCUT2D eigenvalue weighted by atomic mass is 10.1. The van der Waals surface area contributed by atoms with Crippen molar-refractivity contribution in [3.8, 4) is 11.4 Å². The van der Waals surface area contributed by atoms with E-state index in [9.17, 15) is 9.59 Å². The van der Waals surface area contributed by atoms with Gasteiger partial charge in [0.05, 0.1) is 30.8 Å². The molecule has 0 saturated carbocycles. The number of likely N-dealkylation sites (tertiary alicyclic amines) is 1. The summed E-state index contributed by atoms with van der Waals surface area (Å²) in [6.07, 6.45) is 2.35. The Hall–Kier alpha value is -3.97. The van der Waals surface area contributed by atoms with Gasteiger partial charge in [-0.15, -0.1) is 0 Å². The van der Waals surface area contributed by atoms with Crippen molar-refractivity contribution in [2.45, 2.75) is 18.9 Å². The van der Waals surface area contributed by atoms with E-state index in [0.29, 0.717) is 37.8 Å². The molecule has 13 heteroatoms. The molecule has 3 fully saturated rings. The van der Waals surface area contributed by atoms with Crippen molar-refractivity contribution >= 4 is 34.7 Å². The third-order valence-corrected chi connectivity index (χ3v) is 7.99. The number of nitrogens with one attached hydrogen (secondary N) is 1. The van der Waals surface area contributed by atoms with Crippen LogP contribution < -0.4 is 10.2 Å². The number of aromatic nitrogens is 4.